The summed E-state index contributed by atoms with van der Waals surface area (Å²) in [6.07, 6.45) is 0. The fourth-order valence-corrected chi connectivity index (χ4v) is 3.60. The van der Waals surface area contributed by atoms with Crippen molar-refractivity contribution in [2.24, 2.45) is 0 Å². The van der Waals surface area contributed by atoms with Crippen LogP contribution in [-0.2, 0) is 0 Å². The minimum atomic E-state index is -0.447. The molecule has 0 saturated heterocycles. The predicted molar refractivity (Wildman–Crippen MR) is 103 cm³/mol. The number of para-hydroxylation sites is 2. The summed E-state index contributed by atoms with van der Waals surface area (Å²) in [5.41, 5.74) is 2.09. The fraction of sp³-hybridized carbons (Fsp3) is 0.111. The van der Waals surface area contributed by atoms with Crippen molar-refractivity contribution in [3.63, 3.8) is 0 Å². The van der Waals surface area contributed by atoms with E-state index in [1.165, 1.54) is 11.3 Å². The Kier molecular flexibility index (Phi) is 4.40. The summed E-state index contributed by atoms with van der Waals surface area (Å²) in [5.74, 6) is 0.322. The Morgan fingerprint density at radius 3 is 2.65 bits per heavy atom. The number of hydrogen-bond donors (Lipinski definition) is 1. The molecular formula is C18H13ClN4O2S. The number of aromatic nitrogens is 3. The summed E-state index contributed by atoms with van der Waals surface area (Å²) in [6.45, 7) is 2.52. The van der Waals surface area contributed by atoms with Crippen molar-refractivity contribution in [1.82, 2.24) is 15.0 Å². The lowest BCUT2D eigenvalue weighted by molar-refractivity contribution is 0.102. The van der Waals surface area contributed by atoms with E-state index in [1.54, 1.807) is 12.1 Å². The van der Waals surface area contributed by atoms with Gasteiger partial charge < -0.3 is 4.74 Å². The Labute approximate surface area is 157 Å². The second-order valence-electron chi connectivity index (χ2n) is 5.39. The molecule has 26 heavy (non-hydrogen) atoms. The van der Waals surface area contributed by atoms with Gasteiger partial charge >= 0.3 is 0 Å². The number of thiazole rings is 1. The van der Waals surface area contributed by atoms with Crippen molar-refractivity contribution in [2.75, 3.05) is 11.9 Å². The first-order valence-electron chi connectivity index (χ1n) is 7.91. The molecule has 0 spiro atoms. The molecule has 0 bridgehead atoms. The molecule has 0 aliphatic heterocycles. The number of anilines is 1. The minimum Gasteiger partial charge on any atom is -0.494 e. The number of carbonyl (C=O) groups excluding carboxylic acids is 1. The molecule has 130 valence electrons. The zero-order valence-electron chi connectivity index (χ0n) is 13.7. The van der Waals surface area contributed by atoms with Crippen LogP contribution in [0.3, 0.4) is 0 Å². The van der Waals surface area contributed by atoms with Crippen LogP contribution >= 0.6 is 22.9 Å². The Balaban J connectivity index is 1.63. The third-order valence-corrected chi connectivity index (χ3v) is 4.83. The van der Waals surface area contributed by atoms with Crippen molar-refractivity contribution in [2.45, 2.75) is 6.92 Å². The van der Waals surface area contributed by atoms with E-state index in [-0.39, 0.29) is 10.8 Å². The van der Waals surface area contributed by atoms with E-state index in [0.717, 1.165) is 16.0 Å². The van der Waals surface area contributed by atoms with Gasteiger partial charge in [-0.05, 0) is 37.3 Å². The van der Waals surface area contributed by atoms with Gasteiger partial charge in [0.2, 0.25) is 0 Å². The standard InChI is InChI=1S/C18H13ClN4O2S/c1-2-25-10-7-8-13-14(9-10)26-18(22-13)23-17(24)15-16(19)21-12-6-4-3-5-11(12)20-15/h3-9H,2H2,1H3,(H,22,23,24). The average molecular weight is 385 g/mol. The molecule has 2 aromatic carbocycles. The largest absolute Gasteiger partial charge is 0.494 e. The maximum atomic E-state index is 12.6. The number of halogens is 1. The maximum absolute atomic E-state index is 12.6. The van der Waals surface area contributed by atoms with Crippen LogP contribution in [-0.4, -0.2) is 27.5 Å². The Bertz CT molecular complexity index is 1130. The van der Waals surface area contributed by atoms with Crippen molar-refractivity contribution in [3.8, 4) is 5.75 Å². The molecule has 2 heterocycles. The molecule has 0 unspecified atom stereocenters. The second kappa shape index (κ2) is 6.86. The van der Waals surface area contributed by atoms with Crippen LogP contribution in [0.1, 0.15) is 17.4 Å². The lowest BCUT2D eigenvalue weighted by Crippen LogP contribution is -2.15. The van der Waals surface area contributed by atoms with Crippen LogP contribution in [0.4, 0.5) is 5.13 Å². The maximum Gasteiger partial charge on any atom is 0.279 e. The van der Waals surface area contributed by atoms with Gasteiger partial charge in [-0.2, -0.15) is 0 Å². The summed E-state index contributed by atoms with van der Waals surface area (Å²) >= 11 is 7.49. The van der Waals surface area contributed by atoms with E-state index in [2.05, 4.69) is 20.3 Å². The van der Waals surface area contributed by atoms with Gasteiger partial charge in [0, 0.05) is 0 Å². The van der Waals surface area contributed by atoms with Crippen LogP contribution < -0.4 is 10.1 Å². The van der Waals surface area contributed by atoms with Crippen LogP contribution in [0.5, 0.6) is 5.75 Å². The van der Waals surface area contributed by atoms with E-state index < -0.39 is 5.91 Å². The molecule has 0 aliphatic carbocycles. The predicted octanol–water partition coefficient (Wildman–Crippen LogP) is 4.54. The molecule has 0 saturated carbocycles. The third kappa shape index (κ3) is 3.18. The number of benzene rings is 2. The molecule has 8 heteroatoms. The number of carbonyl (C=O) groups is 1. The number of fused-ring (bicyclic) bond motifs is 2. The van der Waals surface area contributed by atoms with Crippen molar-refractivity contribution in [1.29, 1.82) is 0 Å². The van der Waals surface area contributed by atoms with Gasteiger partial charge in [-0.25, -0.2) is 15.0 Å². The molecule has 2 aromatic heterocycles. The SMILES string of the molecule is CCOc1ccc2nc(NC(=O)c3nc4ccccc4nc3Cl)sc2c1. The van der Waals surface area contributed by atoms with Gasteiger partial charge in [0.25, 0.3) is 5.91 Å². The van der Waals surface area contributed by atoms with Crippen LogP contribution in [0.2, 0.25) is 5.15 Å². The summed E-state index contributed by atoms with van der Waals surface area (Å²) in [5, 5.41) is 3.26. The van der Waals surface area contributed by atoms with Gasteiger partial charge in [-0.3, -0.25) is 10.1 Å². The Hall–Kier alpha value is -2.77. The number of amides is 1. The molecule has 0 atom stereocenters. The fourth-order valence-electron chi connectivity index (χ4n) is 2.49. The molecule has 4 rings (SSSR count). The first kappa shape index (κ1) is 16.7. The Morgan fingerprint density at radius 2 is 1.88 bits per heavy atom. The molecule has 1 amide bonds. The van der Waals surface area contributed by atoms with E-state index in [1.807, 2.05) is 37.3 Å². The van der Waals surface area contributed by atoms with Gasteiger partial charge in [0.1, 0.15) is 5.75 Å². The summed E-state index contributed by atoms with van der Waals surface area (Å²) in [6, 6.07) is 12.8. The van der Waals surface area contributed by atoms with Crippen molar-refractivity contribution < 1.29 is 9.53 Å². The number of ether oxygens (including phenoxy) is 1. The minimum absolute atomic E-state index is 0.0564. The first-order valence-corrected chi connectivity index (χ1v) is 9.10. The quantitative estimate of drug-likeness (QED) is 0.558. The highest BCUT2D eigenvalue weighted by molar-refractivity contribution is 7.22. The van der Waals surface area contributed by atoms with E-state index in [9.17, 15) is 4.79 Å². The monoisotopic (exact) mass is 384 g/mol. The third-order valence-electron chi connectivity index (χ3n) is 3.63. The first-order chi connectivity index (χ1) is 12.6. The number of nitrogens with one attached hydrogen (secondary N) is 1. The number of rotatable bonds is 4. The Morgan fingerprint density at radius 1 is 1.12 bits per heavy atom. The van der Waals surface area contributed by atoms with Gasteiger partial charge in [0.05, 0.1) is 27.9 Å². The average Bonchev–Trinajstić information content (AvgIpc) is 3.02. The van der Waals surface area contributed by atoms with E-state index in [4.69, 9.17) is 16.3 Å². The topological polar surface area (TPSA) is 77.0 Å². The number of nitrogens with zero attached hydrogens (tertiary/aromatic N) is 3. The van der Waals surface area contributed by atoms with Crippen LogP contribution in [0.25, 0.3) is 21.3 Å². The molecular weight excluding hydrogens is 372 g/mol. The van der Waals surface area contributed by atoms with Crippen LogP contribution in [0.15, 0.2) is 42.5 Å². The summed E-state index contributed by atoms with van der Waals surface area (Å²) in [7, 11) is 0. The molecule has 4 aromatic rings. The highest BCUT2D eigenvalue weighted by Crippen LogP contribution is 2.30. The second-order valence-corrected chi connectivity index (χ2v) is 6.78. The van der Waals surface area contributed by atoms with Crippen molar-refractivity contribution >= 4 is 55.2 Å². The van der Waals surface area contributed by atoms with E-state index in [0.29, 0.717) is 22.8 Å². The molecule has 0 aliphatic rings. The van der Waals surface area contributed by atoms with Crippen LogP contribution in [0, 0.1) is 0 Å². The highest BCUT2D eigenvalue weighted by atomic mass is 35.5. The zero-order chi connectivity index (χ0) is 18.1. The molecule has 0 fully saturated rings. The lowest BCUT2D eigenvalue weighted by Gasteiger charge is -2.04. The highest BCUT2D eigenvalue weighted by Gasteiger charge is 2.17. The number of hydrogen-bond acceptors (Lipinski definition) is 6. The van der Waals surface area contributed by atoms with Gasteiger partial charge in [-0.1, -0.05) is 35.1 Å². The molecule has 6 nitrogen and oxygen atoms in total. The lowest BCUT2D eigenvalue weighted by atomic mass is 10.3. The smallest absolute Gasteiger partial charge is 0.279 e. The molecule has 1 N–H and O–H groups in total. The summed E-state index contributed by atoms with van der Waals surface area (Å²) < 4.78 is 6.40. The van der Waals surface area contributed by atoms with E-state index >= 15 is 0 Å². The zero-order valence-corrected chi connectivity index (χ0v) is 15.3. The van der Waals surface area contributed by atoms with Gasteiger partial charge in [0.15, 0.2) is 16.0 Å². The van der Waals surface area contributed by atoms with Gasteiger partial charge in [-0.15, -0.1) is 0 Å². The van der Waals surface area contributed by atoms with Crippen molar-refractivity contribution in [3.05, 3.63) is 53.3 Å². The summed E-state index contributed by atoms with van der Waals surface area (Å²) in [4.78, 5) is 25.5. The normalized spacial score (nSPS) is 11.0. The molecule has 0 radical (unpaired) electrons.